The van der Waals surface area contributed by atoms with Crippen LogP contribution in [0.4, 0.5) is 21.5 Å². The van der Waals surface area contributed by atoms with E-state index in [0.29, 0.717) is 18.0 Å². The van der Waals surface area contributed by atoms with Gasteiger partial charge in [-0.3, -0.25) is 0 Å². The second-order valence-corrected chi connectivity index (χ2v) is 4.19. The van der Waals surface area contributed by atoms with E-state index in [-0.39, 0.29) is 5.82 Å². The predicted molar refractivity (Wildman–Crippen MR) is 76.5 cm³/mol. The van der Waals surface area contributed by atoms with Crippen molar-refractivity contribution in [3.8, 4) is 5.75 Å². The highest BCUT2D eigenvalue weighted by Gasteiger charge is 2.10. The van der Waals surface area contributed by atoms with Crippen LogP contribution in [0.15, 0.2) is 42.5 Å². The number of rotatable bonds is 4. The smallest absolute Gasteiger partial charge is 0.125 e. The molecule has 2 aromatic carbocycles. The molecule has 4 heteroatoms. The average Bonchev–Trinajstić information content (AvgIpc) is 2.39. The second-order valence-electron chi connectivity index (χ2n) is 4.19. The molecule has 100 valence electrons. The minimum absolute atomic E-state index is 0.258. The third-order valence-electron chi connectivity index (χ3n) is 2.90. The summed E-state index contributed by atoms with van der Waals surface area (Å²) < 4.78 is 18.5. The third kappa shape index (κ3) is 2.96. The Hall–Kier alpha value is -2.23. The standard InChI is InChI=1S/C15H17FN2O/c1-3-18(13-6-4-5-11(16)7-13)14-8-12(17)9-15(10-14)19-2/h4-10H,3,17H2,1-2H3. The van der Waals surface area contributed by atoms with Gasteiger partial charge in [0.2, 0.25) is 0 Å². The number of methoxy groups -OCH3 is 1. The van der Waals surface area contributed by atoms with Gasteiger partial charge in [-0.15, -0.1) is 0 Å². The molecule has 0 fully saturated rings. The first kappa shape index (κ1) is 13.2. The van der Waals surface area contributed by atoms with Crippen molar-refractivity contribution >= 4 is 17.1 Å². The van der Waals surface area contributed by atoms with Gasteiger partial charge in [0.1, 0.15) is 11.6 Å². The molecular weight excluding hydrogens is 243 g/mol. The number of anilines is 3. The summed E-state index contributed by atoms with van der Waals surface area (Å²) in [6.07, 6.45) is 0. The van der Waals surface area contributed by atoms with Crippen molar-refractivity contribution in [3.05, 3.63) is 48.3 Å². The van der Waals surface area contributed by atoms with E-state index in [2.05, 4.69) is 0 Å². The van der Waals surface area contributed by atoms with Gasteiger partial charge in [0.25, 0.3) is 0 Å². The lowest BCUT2D eigenvalue weighted by atomic mass is 10.2. The maximum Gasteiger partial charge on any atom is 0.125 e. The predicted octanol–water partition coefficient (Wildman–Crippen LogP) is 3.57. The Kier molecular flexibility index (Phi) is 3.90. The van der Waals surface area contributed by atoms with E-state index in [4.69, 9.17) is 10.5 Å². The Morgan fingerprint density at radius 3 is 2.58 bits per heavy atom. The van der Waals surface area contributed by atoms with E-state index in [1.807, 2.05) is 30.0 Å². The molecule has 0 aliphatic carbocycles. The van der Waals surface area contributed by atoms with Gasteiger partial charge in [-0.05, 0) is 31.2 Å². The fraction of sp³-hybridized carbons (Fsp3) is 0.200. The molecule has 0 saturated carbocycles. The topological polar surface area (TPSA) is 38.5 Å². The number of halogens is 1. The van der Waals surface area contributed by atoms with E-state index < -0.39 is 0 Å². The molecule has 0 saturated heterocycles. The Bertz CT molecular complexity index is 572. The zero-order valence-electron chi connectivity index (χ0n) is 11.1. The number of hydrogen-bond donors (Lipinski definition) is 1. The first-order valence-corrected chi connectivity index (χ1v) is 6.11. The van der Waals surface area contributed by atoms with Crippen molar-refractivity contribution in [1.29, 1.82) is 0 Å². The van der Waals surface area contributed by atoms with Gasteiger partial charge in [-0.2, -0.15) is 0 Å². The van der Waals surface area contributed by atoms with Gasteiger partial charge in [0.05, 0.1) is 7.11 Å². The van der Waals surface area contributed by atoms with Crippen molar-refractivity contribution in [2.45, 2.75) is 6.92 Å². The van der Waals surface area contributed by atoms with E-state index in [9.17, 15) is 4.39 Å². The summed E-state index contributed by atoms with van der Waals surface area (Å²) in [6, 6.07) is 12.0. The van der Waals surface area contributed by atoms with Gasteiger partial charge >= 0.3 is 0 Å². The average molecular weight is 260 g/mol. The summed E-state index contributed by atoms with van der Waals surface area (Å²) in [4.78, 5) is 1.97. The fourth-order valence-electron chi connectivity index (χ4n) is 2.04. The van der Waals surface area contributed by atoms with Crippen LogP contribution in [0.1, 0.15) is 6.92 Å². The molecule has 0 spiro atoms. The summed E-state index contributed by atoms with van der Waals surface area (Å²) in [6.45, 7) is 2.70. The van der Waals surface area contributed by atoms with Gasteiger partial charge in [-0.25, -0.2) is 4.39 Å². The van der Waals surface area contributed by atoms with Crippen molar-refractivity contribution in [2.24, 2.45) is 0 Å². The SMILES string of the molecule is CCN(c1cccc(F)c1)c1cc(N)cc(OC)c1. The van der Waals surface area contributed by atoms with Crippen LogP contribution in [0.5, 0.6) is 5.75 Å². The Balaban J connectivity index is 2.44. The van der Waals surface area contributed by atoms with Crippen LogP contribution in [-0.4, -0.2) is 13.7 Å². The summed E-state index contributed by atoms with van der Waals surface area (Å²) in [5, 5.41) is 0. The molecule has 2 N–H and O–H groups in total. The van der Waals surface area contributed by atoms with Crippen molar-refractivity contribution in [3.63, 3.8) is 0 Å². The summed E-state index contributed by atoms with van der Waals surface area (Å²) in [5.74, 6) is 0.427. The number of nitrogens with zero attached hydrogens (tertiary/aromatic N) is 1. The highest BCUT2D eigenvalue weighted by molar-refractivity contribution is 5.68. The van der Waals surface area contributed by atoms with E-state index in [1.165, 1.54) is 12.1 Å². The third-order valence-corrected chi connectivity index (χ3v) is 2.90. The van der Waals surface area contributed by atoms with Gasteiger partial charge in [0.15, 0.2) is 0 Å². The maximum absolute atomic E-state index is 13.3. The molecule has 0 aliphatic heterocycles. The summed E-state index contributed by atoms with van der Waals surface area (Å²) in [5.41, 5.74) is 8.14. The summed E-state index contributed by atoms with van der Waals surface area (Å²) in [7, 11) is 1.59. The van der Waals surface area contributed by atoms with Crippen LogP contribution in [0.25, 0.3) is 0 Å². The Labute approximate surface area is 112 Å². The van der Waals surface area contributed by atoms with Crippen molar-refractivity contribution in [1.82, 2.24) is 0 Å². The number of nitrogens with two attached hydrogens (primary N) is 1. The largest absolute Gasteiger partial charge is 0.497 e. The van der Waals surface area contributed by atoms with Crippen molar-refractivity contribution in [2.75, 3.05) is 24.3 Å². The van der Waals surface area contributed by atoms with Crippen LogP contribution >= 0.6 is 0 Å². The minimum atomic E-state index is -0.258. The zero-order valence-corrected chi connectivity index (χ0v) is 11.1. The molecule has 19 heavy (non-hydrogen) atoms. The molecule has 0 amide bonds. The molecule has 0 heterocycles. The lowest BCUT2D eigenvalue weighted by Gasteiger charge is -2.24. The minimum Gasteiger partial charge on any atom is -0.497 e. The molecule has 0 atom stereocenters. The molecule has 0 radical (unpaired) electrons. The fourth-order valence-corrected chi connectivity index (χ4v) is 2.04. The van der Waals surface area contributed by atoms with Crippen molar-refractivity contribution < 1.29 is 9.13 Å². The number of ether oxygens (including phenoxy) is 1. The molecule has 3 nitrogen and oxygen atoms in total. The highest BCUT2D eigenvalue weighted by atomic mass is 19.1. The highest BCUT2D eigenvalue weighted by Crippen LogP contribution is 2.30. The van der Waals surface area contributed by atoms with Gasteiger partial charge in [-0.1, -0.05) is 6.07 Å². The second kappa shape index (κ2) is 5.61. The lowest BCUT2D eigenvalue weighted by molar-refractivity contribution is 0.415. The zero-order chi connectivity index (χ0) is 13.8. The number of benzene rings is 2. The Morgan fingerprint density at radius 2 is 1.95 bits per heavy atom. The number of hydrogen-bond acceptors (Lipinski definition) is 3. The van der Waals surface area contributed by atoms with Crippen LogP contribution in [0, 0.1) is 5.82 Å². The van der Waals surface area contributed by atoms with E-state index >= 15 is 0 Å². The van der Waals surface area contributed by atoms with Gasteiger partial charge < -0.3 is 15.4 Å². The first-order chi connectivity index (χ1) is 9.13. The normalized spacial score (nSPS) is 10.3. The van der Waals surface area contributed by atoms with E-state index in [1.54, 1.807) is 19.2 Å². The quantitative estimate of drug-likeness (QED) is 0.854. The first-order valence-electron chi connectivity index (χ1n) is 6.11. The molecule has 0 bridgehead atoms. The molecule has 0 unspecified atom stereocenters. The summed E-state index contributed by atoms with van der Waals surface area (Å²) >= 11 is 0. The lowest BCUT2D eigenvalue weighted by Crippen LogP contribution is -2.16. The number of nitrogen functional groups attached to an aromatic ring is 1. The monoisotopic (exact) mass is 260 g/mol. The molecular formula is C15H17FN2O. The molecule has 0 aliphatic rings. The van der Waals surface area contributed by atoms with Crippen LogP contribution < -0.4 is 15.4 Å². The van der Waals surface area contributed by atoms with Crippen LogP contribution in [-0.2, 0) is 0 Å². The Morgan fingerprint density at radius 1 is 1.16 bits per heavy atom. The molecule has 0 aromatic heterocycles. The molecule has 2 aromatic rings. The van der Waals surface area contributed by atoms with Crippen LogP contribution in [0.3, 0.4) is 0 Å². The van der Waals surface area contributed by atoms with Gasteiger partial charge in [0, 0.05) is 35.7 Å². The maximum atomic E-state index is 13.3. The van der Waals surface area contributed by atoms with E-state index in [0.717, 1.165) is 11.4 Å². The molecule has 2 rings (SSSR count). The van der Waals surface area contributed by atoms with Crippen LogP contribution in [0.2, 0.25) is 0 Å².